The van der Waals surface area contributed by atoms with Gasteiger partial charge in [-0.3, -0.25) is 0 Å². The van der Waals surface area contributed by atoms with E-state index in [1.807, 2.05) is 11.3 Å². The monoisotopic (exact) mass is 397 g/mol. The zero-order valence-electron chi connectivity index (χ0n) is 11.9. The fraction of sp³-hybridized carbons (Fsp3) is 0.412. The molecule has 0 fully saturated rings. The molecule has 0 saturated carbocycles. The number of hydrogen-bond acceptors (Lipinski definition) is 2. The molecule has 0 amide bonds. The van der Waals surface area contributed by atoms with Crippen LogP contribution in [-0.2, 0) is 6.42 Å². The number of rotatable bonds is 3. The lowest BCUT2D eigenvalue weighted by molar-refractivity contribution is 0.418. The smallest absolute Gasteiger partial charge is 0.0659 e. The van der Waals surface area contributed by atoms with Crippen LogP contribution in [0.15, 0.2) is 30.3 Å². The van der Waals surface area contributed by atoms with E-state index in [0.29, 0.717) is 12.1 Å². The van der Waals surface area contributed by atoms with Crippen molar-refractivity contribution in [2.75, 3.05) is 0 Å². The van der Waals surface area contributed by atoms with Gasteiger partial charge in [-0.05, 0) is 72.9 Å². The van der Waals surface area contributed by atoms with Crippen LogP contribution in [0.25, 0.3) is 0 Å². The summed E-state index contributed by atoms with van der Waals surface area (Å²) >= 11 is 4.42. The van der Waals surface area contributed by atoms with Crippen LogP contribution in [0.4, 0.5) is 0 Å². The lowest BCUT2D eigenvalue weighted by atomic mass is 9.93. The summed E-state index contributed by atoms with van der Waals surface area (Å²) in [5, 5.41) is 3.83. The van der Waals surface area contributed by atoms with Crippen molar-refractivity contribution in [2.24, 2.45) is 0 Å². The van der Waals surface area contributed by atoms with Gasteiger partial charge in [0.2, 0.25) is 0 Å². The summed E-state index contributed by atoms with van der Waals surface area (Å²) in [5.41, 5.74) is 4.26. The lowest BCUT2D eigenvalue weighted by Gasteiger charge is -2.27. The van der Waals surface area contributed by atoms with Crippen molar-refractivity contribution in [3.8, 4) is 0 Å². The Kier molecular flexibility index (Phi) is 4.48. The number of halogens is 1. The molecular weight excluding hydrogens is 377 g/mol. The molecule has 3 rings (SSSR count). The average molecular weight is 397 g/mol. The largest absolute Gasteiger partial charge is 0.303 e. The van der Waals surface area contributed by atoms with E-state index in [2.05, 4.69) is 72.1 Å². The fourth-order valence-electron chi connectivity index (χ4n) is 2.95. The quantitative estimate of drug-likeness (QED) is 0.685. The number of aryl methyl sites for hydroxylation is 2. The van der Waals surface area contributed by atoms with Crippen molar-refractivity contribution >= 4 is 33.9 Å². The second-order valence-corrected chi connectivity index (χ2v) is 8.70. The van der Waals surface area contributed by atoms with Crippen molar-refractivity contribution in [3.05, 3.63) is 54.8 Å². The van der Waals surface area contributed by atoms with Crippen LogP contribution in [0.1, 0.15) is 53.4 Å². The second-order valence-electron chi connectivity index (χ2n) is 5.67. The van der Waals surface area contributed by atoms with E-state index >= 15 is 0 Å². The van der Waals surface area contributed by atoms with E-state index in [4.69, 9.17) is 0 Å². The number of thiophene rings is 1. The molecule has 0 saturated heterocycles. The van der Waals surface area contributed by atoms with Crippen molar-refractivity contribution < 1.29 is 0 Å². The summed E-state index contributed by atoms with van der Waals surface area (Å²) in [6, 6.07) is 12.2. The van der Waals surface area contributed by atoms with Gasteiger partial charge >= 0.3 is 0 Å². The molecule has 0 radical (unpaired) electrons. The van der Waals surface area contributed by atoms with E-state index in [1.165, 1.54) is 33.3 Å². The van der Waals surface area contributed by atoms with E-state index in [1.54, 1.807) is 10.4 Å². The molecule has 0 bridgehead atoms. The van der Waals surface area contributed by atoms with Crippen molar-refractivity contribution in [2.45, 2.75) is 45.2 Å². The number of hydrogen-bond donors (Lipinski definition) is 1. The van der Waals surface area contributed by atoms with Crippen LogP contribution >= 0.6 is 33.9 Å². The van der Waals surface area contributed by atoms with Crippen LogP contribution in [0.5, 0.6) is 0 Å². The minimum Gasteiger partial charge on any atom is -0.303 e. The van der Waals surface area contributed by atoms with Crippen LogP contribution < -0.4 is 5.32 Å². The summed E-state index contributed by atoms with van der Waals surface area (Å²) in [6.45, 7) is 4.42. The molecule has 3 heteroatoms. The third-order valence-corrected chi connectivity index (χ3v) is 6.08. The standard InChI is InChI=1S/C17H20INS/c1-11-6-8-13(9-7-11)12(2)19-15-4-3-5-16-14(15)10-17(18)20-16/h6-10,12,15,19H,3-5H2,1-2H3/t12-,15?/m1/s1. The first-order chi connectivity index (χ1) is 9.63. The molecule has 2 atom stereocenters. The van der Waals surface area contributed by atoms with Gasteiger partial charge in [-0.25, -0.2) is 0 Å². The van der Waals surface area contributed by atoms with Gasteiger partial charge in [0.1, 0.15) is 0 Å². The Hall–Kier alpha value is -0.390. The predicted octanol–water partition coefficient (Wildman–Crippen LogP) is 5.39. The SMILES string of the molecule is Cc1ccc([C@@H](C)NC2CCCc3sc(I)cc32)cc1. The number of nitrogens with one attached hydrogen (secondary N) is 1. The molecular formula is C17H20INS. The maximum atomic E-state index is 3.83. The molecule has 106 valence electrons. The van der Waals surface area contributed by atoms with Gasteiger partial charge in [-0.15, -0.1) is 11.3 Å². The van der Waals surface area contributed by atoms with Crippen LogP contribution in [-0.4, -0.2) is 0 Å². The summed E-state index contributed by atoms with van der Waals surface area (Å²) < 4.78 is 1.42. The fourth-order valence-corrected chi connectivity index (χ4v) is 5.07. The van der Waals surface area contributed by atoms with Gasteiger partial charge in [-0.1, -0.05) is 29.8 Å². The van der Waals surface area contributed by atoms with Gasteiger partial charge in [0.05, 0.1) is 2.88 Å². The molecule has 20 heavy (non-hydrogen) atoms. The first-order valence-electron chi connectivity index (χ1n) is 7.24. The van der Waals surface area contributed by atoms with Crippen molar-refractivity contribution in [3.63, 3.8) is 0 Å². The highest BCUT2D eigenvalue weighted by atomic mass is 127. The minimum absolute atomic E-state index is 0.407. The first kappa shape index (κ1) is 14.5. The normalized spacial score (nSPS) is 19.6. The Morgan fingerprint density at radius 2 is 2.05 bits per heavy atom. The predicted molar refractivity (Wildman–Crippen MR) is 95.4 cm³/mol. The van der Waals surface area contributed by atoms with E-state index in [9.17, 15) is 0 Å². The summed E-state index contributed by atoms with van der Waals surface area (Å²) in [7, 11) is 0. The maximum Gasteiger partial charge on any atom is 0.0659 e. The summed E-state index contributed by atoms with van der Waals surface area (Å²) in [4.78, 5) is 1.59. The topological polar surface area (TPSA) is 12.0 Å². The molecule has 1 N–H and O–H groups in total. The summed E-state index contributed by atoms with van der Waals surface area (Å²) in [6.07, 6.45) is 3.83. The molecule has 1 aliphatic carbocycles. The molecule has 1 aliphatic rings. The van der Waals surface area contributed by atoms with E-state index < -0.39 is 0 Å². The second kappa shape index (κ2) is 6.16. The third kappa shape index (κ3) is 3.10. The van der Waals surface area contributed by atoms with Gasteiger partial charge in [-0.2, -0.15) is 0 Å². The summed E-state index contributed by atoms with van der Waals surface area (Å²) in [5.74, 6) is 0. The zero-order chi connectivity index (χ0) is 14.1. The average Bonchev–Trinajstić information content (AvgIpc) is 2.81. The van der Waals surface area contributed by atoms with Gasteiger partial charge in [0, 0.05) is 17.0 Å². The molecule has 2 aromatic rings. The van der Waals surface area contributed by atoms with Crippen molar-refractivity contribution in [1.82, 2.24) is 5.32 Å². The highest BCUT2D eigenvalue weighted by Crippen LogP contribution is 2.37. The third-order valence-electron chi connectivity index (χ3n) is 4.11. The maximum absolute atomic E-state index is 3.83. The number of benzene rings is 1. The minimum atomic E-state index is 0.407. The Bertz CT molecular complexity index is 588. The molecule has 1 aromatic heterocycles. The van der Waals surface area contributed by atoms with E-state index in [0.717, 1.165) is 0 Å². The lowest BCUT2D eigenvalue weighted by Crippen LogP contribution is -2.27. The van der Waals surface area contributed by atoms with Gasteiger partial charge in [0.15, 0.2) is 0 Å². The van der Waals surface area contributed by atoms with Gasteiger partial charge in [0.25, 0.3) is 0 Å². The first-order valence-corrected chi connectivity index (χ1v) is 9.14. The highest BCUT2D eigenvalue weighted by Gasteiger charge is 2.23. The van der Waals surface area contributed by atoms with Crippen molar-refractivity contribution in [1.29, 1.82) is 0 Å². The Labute approximate surface area is 138 Å². The molecule has 1 aromatic carbocycles. The Balaban J connectivity index is 1.76. The Morgan fingerprint density at radius 1 is 1.30 bits per heavy atom. The zero-order valence-corrected chi connectivity index (χ0v) is 14.9. The Morgan fingerprint density at radius 3 is 2.80 bits per heavy atom. The molecule has 1 nitrogen and oxygen atoms in total. The molecule has 0 spiro atoms. The number of fused-ring (bicyclic) bond motifs is 1. The van der Waals surface area contributed by atoms with Gasteiger partial charge < -0.3 is 5.32 Å². The van der Waals surface area contributed by atoms with Crippen LogP contribution in [0.2, 0.25) is 0 Å². The van der Waals surface area contributed by atoms with Crippen LogP contribution in [0, 0.1) is 9.81 Å². The molecule has 1 heterocycles. The van der Waals surface area contributed by atoms with Crippen LogP contribution in [0.3, 0.4) is 0 Å². The molecule has 1 unspecified atom stereocenters. The molecule has 0 aliphatic heterocycles. The highest BCUT2D eigenvalue weighted by molar-refractivity contribution is 14.1. The van der Waals surface area contributed by atoms with E-state index in [-0.39, 0.29) is 0 Å².